The van der Waals surface area contributed by atoms with Crippen LogP contribution in [0.1, 0.15) is 114 Å². The smallest absolute Gasteiger partial charge is 0.410 e. The fraction of sp³-hybridized carbons (Fsp3) is 0.889. The van der Waals surface area contributed by atoms with Gasteiger partial charge in [0.15, 0.2) is 0 Å². The zero-order valence-electron chi connectivity index (χ0n) is 24.4. The highest BCUT2D eigenvalue weighted by molar-refractivity contribution is 5.68. The van der Waals surface area contributed by atoms with Gasteiger partial charge < -0.3 is 29.7 Å². The summed E-state index contributed by atoms with van der Waals surface area (Å²) in [7, 11) is 0. The second-order valence-corrected chi connectivity index (χ2v) is 12.2. The maximum atomic E-state index is 12.7. The first-order valence-corrected chi connectivity index (χ1v) is 13.4. The molecule has 0 saturated carbocycles. The summed E-state index contributed by atoms with van der Waals surface area (Å²) >= 11 is 0. The van der Waals surface area contributed by atoms with E-state index in [0.717, 1.165) is 51.4 Å². The third-order valence-electron chi connectivity index (χ3n) is 4.70. The molecule has 0 saturated heterocycles. The van der Waals surface area contributed by atoms with Crippen molar-refractivity contribution in [2.75, 3.05) is 26.2 Å². The molecule has 0 rings (SSSR count). The number of hydrogen-bond acceptors (Lipinski definition) is 6. The Kier molecular flexibility index (Phi) is 15.5. The molecule has 9 nitrogen and oxygen atoms in total. The molecule has 2 N–H and O–H groups in total. The first-order chi connectivity index (χ1) is 16.5. The van der Waals surface area contributed by atoms with Crippen molar-refractivity contribution < 1.29 is 28.6 Å². The highest BCUT2D eigenvalue weighted by atomic mass is 16.6. The summed E-state index contributed by atoms with van der Waals surface area (Å²) in [5.41, 5.74) is -1.52. The van der Waals surface area contributed by atoms with Crippen molar-refractivity contribution in [3.8, 4) is 0 Å². The van der Waals surface area contributed by atoms with E-state index in [-0.39, 0.29) is 18.3 Å². The summed E-state index contributed by atoms with van der Waals surface area (Å²) in [4.78, 5) is 37.8. The monoisotopic (exact) mass is 515 g/mol. The van der Waals surface area contributed by atoms with Gasteiger partial charge in [0.2, 0.25) is 0 Å². The van der Waals surface area contributed by atoms with Crippen LogP contribution in [0.15, 0.2) is 0 Å². The van der Waals surface area contributed by atoms with E-state index in [9.17, 15) is 14.4 Å². The fourth-order valence-electron chi connectivity index (χ4n) is 3.19. The van der Waals surface area contributed by atoms with Crippen LogP contribution in [0.3, 0.4) is 0 Å². The minimum absolute atomic E-state index is 0.277. The molecule has 0 heterocycles. The lowest BCUT2D eigenvalue weighted by Gasteiger charge is -2.27. The normalized spacial score (nSPS) is 12.0. The largest absolute Gasteiger partial charge is 0.444 e. The Labute approximate surface area is 219 Å². The summed E-state index contributed by atoms with van der Waals surface area (Å²) < 4.78 is 16.0. The number of nitrogens with zero attached hydrogens (tertiary/aromatic N) is 1. The molecular weight excluding hydrogens is 462 g/mol. The third kappa shape index (κ3) is 22.3. The Balaban J connectivity index is 4.21. The minimum atomic E-state index is -0.532. The molecule has 212 valence electrons. The van der Waals surface area contributed by atoms with Crippen molar-refractivity contribution >= 4 is 18.3 Å². The minimum Gasteiger partial charge on any atom is -0.444 e. The van der Waals surface area contributed by atoms with E-state index in [1.807, 2.05) is 62.3 Å². The highest BCUT2D eigenvalue weighted by Gasteiger charge is 2.21. The molecule has 9 heteroatoms. The number of nitrogens with one attached hydrogen (secondary N) is 2. The SMILES string of the molecule is CC(C)(C)OC(=O)NCCCCCCN(CCCCCCNC(=O)OC(C)(C)C)C(=O)OC(C)(C)C. The summed E-state index contributed by atoms with van der Waals surface area (Å²) in [6.45, 7) is 19.1. The quantitative estimate of drug-likeness (QED) is 0.205. The Morgan fingerprint density at radius 2 is 0.861 bits per heavy atom. The van der Waals surface area contributed by atoms with E-state index in [1.54, 1.807) is 4.90 Å². The highest BCUT2D eigenvalue weighted by Crippen LogP contribution is 2.13. The van der Waals surface area contributed by atoms with Crippen LogP contribution < -0.4 is 10.6 Å². The van der Waals surface area contributed by atoms with Gasteiger partial charge in [-0.1, -0.05) is 25.7 Å². The van der Waals surface area contributed by atoms with Crippen LogP contribution in [0.2, 0.25) is 0 Å². The maximum absolute atomic E-state index is 12.7. The summed E-state index contributed by atoms with van der Waals surface area (Å²) in [5, 5.41) is 5.54. The predicted molar refractivity (Wildman–Crippen MR) is 143 cm³/mol. The molecule has 0 radical (unpaired) electrons. The lowest BCUT2D eigenvalue weighted by atomic mass is 10.1. The summed E-state index contributed by atoms with van der Waals surface area (Å²) in [6, 6.07) is 0. The van der Waals surface area contributed by atoms with Crippen LogP contribution in [0.25, 0.3) is 0 Å². The van der Waals surface area contributed by atoms with Gasteiger partial charge in [-0.2, -0.15) is 0 Å². The zero-order chi connectivity index (χ0) is 27.8. The lowest BCUT2D eigenvalue weighted by molar-refractivity contribution is 0.0242. The summed E-state index contributed by atoms with van der Waals surface area (Å²) in [5.74, 6) is 0. The number of hydrogen-bond donors (Lipinski definition) is 2. The third-order valence-corrected chi connectivity index (χ3v) is 4.70. The van der Waals surface area contributed by atoms with Crippen LogP contribution in [-0.2, 0) is 14.2 Å². The molecule has 0 aliphatic rings. The maximum Gasteiger partial charge on any atom is 0.410 e. The van der Waals surface area contributed by atoms with Crippen LogP contribution in [0.4, 0.5) is 14.4 Å². The van der Waals surface area contributed by atoms with Gasteiger partial charge in [-0.25, -0.2) is 14.4 Å². The van der Waals surface area contributed by atoms with E-state index in [4.69, 9.17) is 14.2 Å². The van der Waals surface area contributed by atoms with Gasteiger partial charge in [0, 0.05) is 26.2 Å². The number of amides is 3. The van der Waals surface area contributed by atoms with Crippen LogP contribution in [-0.4, -0.2) is 66.2 Å². The van der Waals surface area contributed by atoms with E-state index in [1.165, 1.54) is 0 Å². The van der Waals surface area contributed by atoms with Crippen LogP contribution >= 0.6 is 0 Å². The number of alkyl carbamates (subject to hydrolysis) is 2. The molecule has 0 aromatic heterocycles. The molecule has 0 atom stereocenters. The molecule has 0 aromatic carbocycles. The number of unbranched alkanes of at least 4 members (excludes halogenated alkanes) is 6. The Morgan fingerprint density at radius 3 is 1.19 bits per heavy atom. The fourth-order valence-corrected chi connectivity index (χ4v) is 3.19. The van der Waals surface area contributed by atoms with Gasteiger partial charge in [0.1, 0.15) is 16.8 Å². The van der Waals surface area contributed by atoms with Gasteiger partial charge in [-0.15, -0.1) is 0 Å². The molecule has 0 fully saturated rings. The average Bonchev–Trinajstić information content (AvgIpc) is 2.66. The van der Waals surface area contributed by atoms with Crippen molar-refractivity contribution in [2.45, 2.75) is 130 Å². The van der Waals surface area contributed by atoms with Gasteiger partial charge in [-0.05, 0) is 88.0 Å². The first-order valence-electron chi connectivity index (χ1n) is 13.4. The Morgan fingerprint density at radius 1 is 0.528 bits per heavy atom. The second kappa shape index (κ2) is 16.5. The number of carbonyl (C=O) groups excluding carboxylic acids is 3. The predicted octanol–water partition coefficient (Wildman–Crippen LogP) is 6.39. The Hall–Kier alpha value is -2.19. The molecule has 0 unspecified atom stereocenters. The van der Waals surface area contributed by atoms with Crippen LogP contribution in [0, 0.1) is 0 Å². The molecule has 0 aromatic rings. The number of carbonyl (C=O) groups is 3. The Bertz CT molecular complexity index is 605. The van der Waals surface area contributed by atoms with Crippen LogP contribution in [0.5, 0.6) is 0 Å². The molecule has 3 amide bonds. The molecule has 0 bridgehead atoms. The molecular formula is C27H53N3O6. The second-order valence-electron chi connectivity index (χ2n) is 12.2. The lowest BCUT2D eigenvalue weighted by Crippen LogP contribution is -2.38. The molecule has 0 aliphatic carbocycles. The first kappa shape index (κ1) is 33.8. The topological polar surface area (TPSA) is 106 Å². The van der Waals surface area contributed by atoms with Crippen molar-refractivity contribution in [1.29, 1.82) is 0 Å². The van der Waals surface area contributed by atoms with Gasteiger partial charge in [-0.3, -0.25) is 0 Å². The van der Waals surface area contributed by atoms with Crippen molar-refractivity contribution in [1.82, 2.24) is 15.5 Å². The van der Waals surface area contributed by atoms with Gasteiger partial charge in [0.05, 0.1) is 0 Å². The number of ether oxygens (including phenoxy) is 3. The standard InChI is InChI=1S/C27H53N3O6/c1-25(2,3)34-22(31)28-18-14-10-12-16-20-30(24(33)36-27(7,8)9)21-17-13-11-15-19-29-23(32)35-26(4,5)6/h10-21H2,1-9H3,(H,28,31)(H,29,32). The number of rotatable bonds is 14. The van der Waals surface area contributed by atoms with Gasteiger partial charge in [0.25, 0.3) is 0 Å². The summed E-state index contributed by atoms with van der Waals surface area (Å²) in [6.07, 6.45) is 6.28. The van der Waals surface area contributed by atoms with Gasteiger partial charge >= 0.3 is 18.3 Å². The van der Waals surface area contributed by atoms with E-state index < -0.39 is 16.8 Å². The molecule has 0 aliphatic heterocycles. The average molecular weight is 516 g/mol. The van der Waals surface area contributed by atoms with Crippen molar-refractivity contribution in [2.24, 2.45) is 0 Å². The van der Waals surface area contributed by atoms with E-state index >= 15 is 0 Å². The molecule has 0 spiro atoms. The van der Waals surface area contributed by atoms with E-state index in [0.29, 0.717) is 26.2 Å². The zero-order valence-corrected chi connectivity index (χ0v) is 24.4. The van der Waals surface area contributed by atoms with Crippen molar-refractivity contribution in [3.63, 3.8) is 0 Å². The van der Waals surface area contributed by atoms with E-state index in [2.05, 4.69) is 10.6 Å². The van der Waals surface area contributed by atoms with Crippen molar-refractivity contribution in [3.05, 3.63) is 0 Å². The molecule has 36 heavy (non-hydrogen) atoms.